The molecule has 0 unspecified atom stereocenters. The lowest BCUT2D eigenvalue weighted by Crippen LogP contribution is -1.91. The van der Waals surface area contributed by atoms with Crippen LogP contribution in [-0.4, -0.2) is 6.54 Å². The monoisotopic (exact) mass is 139 g/mol. The molecule has 0 aliphatic carbocycles. The van der Waals surface area contributed by atoms with Crippen molar-refractivity contribution in [3.63, 3.8) is 0 Å². The molecular weight excluding hydrogens is 122 g/mol. The predicted molar refractivity (Wildman–Crippen MR) is 46.9 cm³/mol. The van der Waals surface area contributed by atoms with Crippen LogP contribution in [0.1, 0.15) is 26.7 Å². The van der Waals surface area contributed by atoms with Gasteiger partial charge in [0.15, 0.2) is 0 Å². The molecule has 0 aliphatic rings. The van der Waals surface area contributed by atoms with E-state index in [1.54, 1.807) is 0 Å². The fourth-order valence-corrected chi connectivity index (χ4v) is 0.682. The summed E-state index contributed by atoms with van der Waals surface area (Å²) in [5, 5.41) is 0. The molecule has 0 amide bonds. The molecule has 1 heteroatoms. The van der Waals surface area contributed by atoms with Gasteiger partial charge in [-0.05, 0) is 26.7 Å². The van der Waals surface area contributed by atoms with Crippen LogP contribution in [-0.2, 0) is 0 Å². The maximum atomic E-state index is 5.27. The van der Waals surface area contributed by atoms with Crippen LogP contribution < -0.4 is 5.73 Å². The summed E-state index contributed by atoms with van der Waals surface area (Å²) in [6.07, 6.45) is 8.61. The molecule has 0 fully saturated rings. The van der Waals surface area contributed by atoms with Crippen molar-refractivity contribution in [2.45, 2.75) is 26.7 Å². The van der Waals surface area contributed by atoms with Crippen LogP contribution in [0, 0.1) is 0 Å². The minimum Gasteiger partial charge on any atom is -0.327 e. The summed E-state index contributed by atoms with van der Waals surface area (Å²) in [6, 6.07) is 0. The Morgan fingerprint density at radius 2 is 1.90 bits per heavy atom. The van der Waals surface area contributed by atoms with Crippen molar-refractivity contribution in [1.82, 2.24) is 0 Å². The molecular formula is C9H17N. The second-order valence-electron chi connectivity index (χ2n) is 2.57. The van der Waals surface area contributed by atoms with Gasteiger partial charge >= 0.3 is 0 Å². The molecule has 0 aromatic heterocycles. The number of hydrogen-bond acceptors (Lipinski definition) is 1. The van der Waals surface area contributed by atoms with Crippen molar-refractivity contribution in [2.75, 3.05) is 6.54 Å². The van der Waals surface area contributed by atoms with Gasteiger partial charge in [-0.1, -0.05) is 23.8 Å². The largest absolute Gasteiger partial charge is 0.327 e. The normalized spacial score (nSPS) is 10.3. The number of hydrogen-bond donors (Lipinski definition) is 1. The van der Waals surface area contributed by atoms with E-state index in [1.165, 1.54) is 5.57 Å². The second-order valence-corrected chi connectivity index (χ2v) is 2.57. The van der Waals surface area contributed by atoms with Crippen LogP contribution in [0.25, 0.3) is 0 Å². The fourth-order valence-electron chi connectivity index (χ4n) is 0.682. The third-order valence-corrected chi connectivity index (χ3v) is 1.19. The van der Waals surface area contributed by atoms with Crippen LogP contribution in [0.2, 0.25) is 0 Å². The zero-order chi connectivity index (χ0) is 7.82. The standard InChI is InChI=1S/C9H17N/c1-9(2)7-5-3-4-6-8-10/h4,6-7H,3,5,8,10H2,1-2H3/b6-4+. The molecule has 58 valence electrons. The van der Waals surface area contributed by atoms with Gasteiger partial charge in [-0.2, -0.15) is 0 Å². The van der Waals surface area contributed by atoms with Crippen molar-refractivity contribution in [2.24, 2.45) is 5.73 Å². The molecule has 0 bridgehead atoms. The van der Waals surface area contributed by atoms with Crippen molar-refractivity contribution >= 4 is 0 Å². The molecule has 0 saturated heterocycles. The molecule has 0 heterocycles. The van der Waals surface area contributed by atoms with Crippen LogP contribution in [0.3, 0.4) is 0 Å². The molecule has 0 saturated carbocycles. The Labute approximate surface area is 63.6 Å². The van der Waals surface area contributed by atoms with Crippen molar-refractivity contribution < 1.29 is 0 Å². The van der Waals surface area contributed by atoms with Crippen molar-refractivity contribution in [3.8, 4) is 0 Å². The molecule has 0 atom stereocenters. The Morgan fingerprint density at radius 1 is 1.20 bits per heavy atom. The Morgan fingerprint density at radius 3 is 2.40 bits per heavy atom. The van der Waals surface area contributed by atoms with Crippen LogP contribution in [0.5, 0.6) is 0 Å². The van der Waals surface area contributed by atoms with E-state index in [4.69, 9.17) is 5.73 Å². The highest BCUT2D eigenvalue weighted by Gasteiger charge is 1.77. The number of nitrogens with two attached hydrogens (primary N) is 1. The first-order valence-electron chi connectivity index (χ1n) is 3.76. The Kier molecular flexibility index (Phi) is 6.19. The third kappa shape index (κ3) is 7.44. The first-order chi connectivity index (χ1) is 4.77. The summed E-state index contributed by atoms with van der Waals surface area (Å²) < 4.78 is 0. The predicted octanol–water partition coefficient (Wildman–Crippen LogP) is 2.25. The summed E-state index contributed by atoms with van der Waals surface area (Å²) in [6.45, 7) is 4.90. The summed E-state index contributed by atoms with van der Waals surface area (Å²) in [7, 11) is 0. The van der Waals surface area contributed by atoms with Crippen molar-refractivity contribution in [3.05, 3.63) is 23.8 Å². The van der Waals surface area contributed by atoms with Crippen LogP contribution in [0.4, 0.5) is 0 Å². The average molecular weight is 139 g/mol. The van der Waals surface area contributed by atoms with E-state index in [2.05, 4.69) is 26.0 Å². The summed E-state index contributed by atoms with van der Waals surface area (Å²) >= 11 is 0. The van der Waals surface area contributed by atoms with Gasteiger partial charge in [0.2, 0.25) is 0 Å². The van der Waals surface area contributed by atoms with E-state index in [0.717, 1.165) is 12.8 Å². The van der Waals surface area contributed by atoms with E-state index >= 15 is 0 Å². The van der Waals surface area contributed by atoms with E-state index in [0.29, 0.717) is 6.54 Å². The molecule has 0 aliphatic heterocycles. The van der Waals surface area contributed by atoms with E-state index < -0.39 is 0 Å². The molecule has 0 aromatic carbocycles. The maximum Gasteiger partial charge on any atom is 0.0106 e. The van der Waals surface area contributed by atoms with E-state index in [9.17, 15) is 0 Å². The number of unbranched alkanes of at least 4 members (excludes halogenated alkanes) is 1. The molecule has 0 radical (unpaired) electrons. The summed E-state index contributed by atoms with van der Waals surface area (Å²) in [5.74, 6) is 0. The van der Waals surface area contributed by atoms with Crippen LogP contribution >= 0.6 is 0 Å². The van der Waals surface area contributed by atoms with Gasteiger partial charge in [-0.15, -0.1) is 0 Å². The number of rotatable bonds is 4. The van der Waals surface area contributed by atoms with Gasteiger partial charge in [0.05, 0.1) is 0 Å². The minimum atomic E-state index is 0.662. The van der Waals surface area contributed by atoms with Gasteiger partial charge in [-0.25, -0.2) is 0 Å². The fraction of sp³-hybridized carbons (Fsp3) is 0.556. The maximum absolute atomic E-state index is 5.27. The topological polar surface area (TPSA) is 26.0 Å². The van der Waals surface area contributed by atoms with Gasteiger partial charge in [0, 0.05) is 6.54 Å². The number of allylic oxidation sites excluding steroid dienone is 3. The van der Waals surface area contributed by atoms with Crippen molar-refractivity contribution in [1.29, 1.82) is 0 Å². The average Bonchev–Trinajstić information content (AvgIpc) is 1.87. The lowest BCUT2D eigenvalue weighted by molar-refractivity contribution is 1.03. The highest BCUT2D eigenvalue weighted by molar-refractivity contribution is 4.95. The van der Waals surface area contributed by atoms with Gasteiger partial charge in [-0.3, -0.25) is 0 Å². The summed E-state index contributed by atoms with van der Waals surface area (Å²) in [4.78, 5) is 0. The molecule has 0 spiro atoms. The first-order valence-corrected chi connectivity index (χ1v) is 3.76. The molecule has 2 N–H and O–H groups in total. The Hall–Kier alpha value is -0.560. The van der Waals surface area contributed by atoms with Gasteiger partial charge in [0.25, 0.3) is 0 Å². The Bertz CT molecular complexity index is 119. The SMILES string of the molecule is CC(C)=CCC/C=C/CN. The summed E-state index contributed by atoms with van der Waals surface area (Å²) in [5.41, 5.74) is 6.66. The molecule has 0 aromatic rings. The second kappa shape index (κ2) is 6.56. The highest BCUT2D eigenvalue weighted by atomic mass is 14.5. The van der Waals surface area contributed by atoms with Gasteiger partial charge in [0.1, 0.15) is 0 Å². The third-order valence-electron chi connectivity index (χ3n) is 1.19. The lowest BCUT2D eigenvalue weighted by Gasteiger charge is -1.88. The van der Waals surface area contributed by atoms with Crippen LogP contribution in [0.15, 0.2) is 23.8 Å². The molecule has 10 heavy (non-hydrogen) atoms. The zero-order valence-corrected chi connectivity index (χ0v) is 6.93. The quantitative estimate of drug-likeness (QED) is 0.469. The zero-order valence-electron chi connectivity index (χ0n) is 6.93. The van der Waals surface area contributed by atoms with E-state index in [1.807, 2.05) is 6.08 Å². The first kappa shape index (κ1) is 9.44. The lowest BCUT2D eigenvalue weighted by atomic mass is 10.2. The smallest absolute Gasteiger partial charge is 0.0106 e. The molecule has 0 rings (SSSR count). The van der Waals surface area contributed by atoms with Gasteiger partial charge < -0.3 is 5.73 Å². The highest BCUT2D eigenvalue weighted by Crippen LogP contribution is 1.97. The Balaban J connectivity index is 3.21. The molecule has 1 nitrogen and oxygen atoms in total. The minimum absolute atomic E-state index is 0.662. The van der Waals surface area contributed by atoms with E-state index in [-0.39, 0.29) is 0 Å².